The Morgan fingerprint density at radius 1 is 1.15 bits per heavy atom. The van der Waals surface area contributed by atoms with Gasteiger partial charge < -0.3 is 20.3 Å². The molecule has 27 heavy (non-hydrogen) atoms. The molecule has 2 N–H and O–H groups in total. The molecule has 6 nitrogen and oxygen atoms in total. The van der Waals surface area contributed by atoms with E-state index in [1.807, 2.05) is 14.1 Å². The minimum absolute atomic E-state index is 0. The van der Waals surface area contributed by atoms with Gasteiger partial charge in [0.2, 0.25) is 5.91 Å². The lowest BCUT2D eigenvalue weighted by Crippen LogP contribution is -2.49. The Kier molecular flexibility index (Phi) is 10.1. The summed E-state index contributed by atoms with van der Waals surface area (Å²) in [5, 5.41) is 6.69. The van der Waals surface area contributed by atoms with E-state index < -0.39 is 0 Å². The quantitative estimate of drug-likeness (QED) is 0.352. The summed E-state index contributed by atoms with van der Waals surface area (Å²) in [6.45, 7) is 1.93. The van der Waals surface area contributed by atoms with Crippen LogP contribution >= 0.6 is 24.0 Å². The predicted molar refractivity (Wildman–Crippen MR) is 120 cm³/mol. The summed E-state index contributed by atoms with van der Waals surface area (Å²) in [6, 6.07) is 8.31. The van der Waals surface area contributed by atoms with Crippen LogP contribution in [0, 0.1) is 5.41 Å². The highest BCUT2D eigenvalue weighted by Gasteiger charge is 2.42. The second kappa shape index (κ2) is 11.5. The maximum Gasteiger partial charge on any atom is 0.230 e. The van der Waals surface area contributed by atoms with Gasteiger partial charge in [-0.25, -0.2) is 0 Å². The number of methoxy groups -OCH3 is 1. The van der Waals surface area contributed by atoms with Gasteiger partial charge in [0.1, 0.15) is 0 Å². The first-order chi connectivity index (χ1) is 12.5. The summed E-state index contributed by atoms with van der Waals surface area (Å²) in [4.78, 5) is 18.7. The van der Waals surface area contributed by atoms with Crippen LogP contribution in [0.15, 0.2) is 29.3 Å². The number of guanidine groups is 1. The van der Waals surface area contributed by atoms with E-state index in [1.54, 1.807) is 19.1 Å². The van der Waals surface area contributed by atoms with Crippen LogP contribution in [-0.4, -0.2) is 51.6 Å². The monoisotopic (exact) mass is 488 g/mol. The lowest BCUT2D eigenvalue weighted by atomic mass is 9.84. The maximum absolute atomic E-state index is 12.6. The van der Waals surface area contributed by atoms with Gasteiger partial charge in [-0.15, -0.1) is 24.0 Å². The number of carbonyl (C=O) groups excluding carboxylic acids is 1. The molecule has 0 heterocycles. The second-order valence-corrected chi connectivity index (χ2v) is 7.22. The molecule has 0 saturated heterocycles. The minimum atomic E-state index is -0.303. The van der Waals surface area contributed by atoms with Crippen molar-refractivity contribution in [1.29, 1.82) is 0 Å². The molecule has 1 aromatic rings. The number of halogens is 1. The highest BCUT2D eigenvalue weighted by atomic mass is 127. The number of nitrogens with one attached hydrogen (secondary N) is 2. The molecule has 152 valence electrons. The molecule has 0 atom stereocenters. The Morgan fingerprint density at radius 3 is 2.26 bits per heavy atom. The first kappa shape index (κ1) is 23.7. The van der Waals surface area contributed by atoms with E-state index in [4.69, 9.17) is 4.74 Å². The standard InChI is InChI=1S/C20H32N4O2.HI/c1-21-19(22-13-16-7-9-17(10-8-16)14-26-4)23-15-20(11-5-6-12-20)18(25)24(2)3;/h7-10H,5-6,11-15H2,1-4H3,(H2,21,22,23);1H. The Labute approximate surface area is 180 Å². The Balaban J connectivity index is 0.00000364. The van der Waals surface area contributed by atoms with Crippen LogP contribution in [0.1, 0.15) is 36.8 Å². The predicted octanol–water partition coefficient (Wildman–Crippen LogP) is 2.76. The molecule has 1 fully saturated rings. The largest absolute Gasteiger partial charge is 0.380 e. The van der Waals surface area contributed by atoms with E-state index in [-0.39, 0.29) is 35.3 Å². The van der Waals surface area contributed by atoms with E-state index in [9.17, 15) is 4.79 Å². The fourth-order valence-corrected chi connectivity index (χ4v) is 3.57. The summed E-state index contributed by atoms with van der Waals surface area (Å²) in [5.74, 6) is 0.940. The third kappa shape index (κ3) is 6.64. The van der Waals surface area contributed by atoms with Crippen molar-refractivity contribution in [3.05, 3.63) is 35.4 Å². The molecular weight excluding hydrogens is 455 g/mol. The molecule has 2 rings (SSSR count). The van der Waals surface area contributed by atoms with Crippen molar-refractivity contribution in [3.8, 4) is 0 Å². The van der Waals surface area contributed by atoms with E-state index in [0.717, 1.165) is 37.2 Å². The van der Waals surface area contributed by atoms with Crippen molar-refractivity contribution in [2.75, 3.05) is 34.8 Å². The summed E-state index contributed by atoms with van der Waals surface area (Å²) in [5.41, 5.74) is 2.03. The summed E-state index contributed by atoms with van der Waals surface area (Å²) >= 11 is 0. The van der Waals surface area contributed by atoms with Crippen molar-refractivity contribution in [2.24, 2.45) is 10.4 Å². The third-order valence-corrected chi connectivity index (χ3v) is 5.03. The number of nitrogens with zero attached hydrogens (tertiary/aromatic N) is 2. The van der Waals surface area contributed by atoms with Gasteiger partial charge in [-0.05, 0) is 24.0 Å². The van der Waals surface area contributed by atoms with Crippen LogP contribution in [0.25, 0.3) is 0 Å². The summed E-state index contributed by atoms with van der Waals surface area (Å²) in [7, 11) is 7.13. The summed E-state index contributed by atoms with van der Waals surface area (Å²) in [6.07, 6.45) is 4.10. The Bertz CT molecular complexity index is 611. The van der Waals surface area contributed by atoms with Crippen LogP contribution in [0.3, 0.4) is 0 Å². The highest BCUT2D eigenvalue weighted by Crippen LogP contribution is 2.38. The van der Waals surface area contributed by atoms with Gasteiger partial charge in [0.05, 0.1) is 12.0 Å². The van der Waals surface area contributed by atoms with E-state index in [2.05, 4.69) is 39.9 Å². The van der Waals surface area contributed by atoms with Crippen molar-refractivity contribution >= 4 is 35.8 Å². The van der Waals surface area contributed by atoms with Crippen LogP contribution < -0.4 is 10.6 Å². The molecular formula is C20H33IN4O2. The average Bonchev–Trinajstić information content (AvgIpc) is 3.12. The second-order valence-electron chi connectivity index (χ2n) is 7.22. The van der Waals surface area contributed by atoms with Gasteiger partial charge in [-0.3, -0.25) is 9.79 Å². The molecule has 0 bridgehead atoms. The van der Waals surface area contributed by atoms with E-state index in [1.165, 1.54) is 5.56 Å². The van der Waals surface area contributed by atoms with E-state index in [0.29, 0.717) is 19.7 Å². The number of hydrogen-bond acceptors (Lipinski definition) is 3. The van der Waals surface area contributed by atoms with Crippen LogP contribution in [0.5, 0.6) is 0 Å². The first-order valence-electron chi connectivity index (χ1n) is 9.24. The molecule has 1 saturated carbocycles. The van der Waals surface area contributed by atoms with Crippen LogP contribution in [0.4, 0.5) is 0 Å². The molecule has 0 aliphatic heterocycles. The van der Waals surface area contributed by atoms with Crippen LogP contribution in [0.2, 0.25) is 0 Å². The van der Waals surface area contributed by atoms with Gasteiger partial charge in [0, 0.05) is 41.3 Å². The minimum Gasteiger partial charge on any atom is -0.380 e. The molecule has 1 aliphatic rings. The number of rotatable bonds is 7. The fraction of sp³-hybridized carbons (Fsp3) is 0.600. The third-order valence-electron chi connectivity index (χ3n) is 5.03. The maximum atomic E-state index is 12.6. The first-order valence-corrected chi connectivity index (χ1v) is 9.24. The topological polar surface area (TPSA) is 66.0 Å². The fourth-order valence-electron chi connectivity index (χ4n) is 3.57. The van der Waals surface area contributed by atoms with Gasteiger partial charge in [-0.1, -0.05) is 37.1 Å². The molecule has 0 spiro atoms. The van der Waals surface area contributed by atoms with Gasteiger partial charge in [-0.2, -0.15) is 0 Å². The Hall–Kier alpha value is -1.35. The Morgan fingerprint density at radius 2 is 1.74 bits per heavy atom. The van der Waals surface area contributed by atoms with Crippen LogP contribution in [-0.2, 0) is 22.7 Å². The van der Waals surface area contributed by atoms with Gasteiger partial charge >= 0.3 is 0 Å². The zero-order chi connectivity index (χ0) is 19.0. The van der Waals surface area contributed by atoms with Gasteiger partial charge in [0.25, 0.3) is 0 Å². The number of ether oxygens (including phenoxy) is 1. The van der Waals surface area contributed by atoms with Crippen molar-refractivity contribution in [2.45, 2.75) is 38.8 Å². The number of amides is 1. The number of aliphatic imine (C=N–C) groups is 1. The summed E-state index contributed by atoms with van der Waals surface area (Å²) < 4.78 is 5.13. The number of benzene rings is 1. The molecule has 0 radical (unpaired) electrons. The van der Waals surface area contributed by atoms with Crippen molar-refractivity contribution in [3.63, 3.8) is 0 Å². The number of carbonyl (C=O) groups is 1. The molecule has 1 aliphatic carbocycles. The van der Waals surface area contributed by atoms with Gasteiger partial charge in [0.15, 0.2) is 5.96 Å². The number of hydrogen-bond donors (Lipinski definition) is 2. The molecule has 0 unspecified atom stereocenters. The molecule has 0 aromatic heterocycles. The molecule has 1 aromatic carbocycles. The lowest BCUT2D eigenvalue weighted by molar-refractivity contribution is -0.138. The van der Waals surface area contributed by atoms with E-state index >= 15 is 0 Å². The molecule has 7 heteroatoms. The SMILES string of the molecule is CN=C(NCc1ccc(COC)cc1)NCC1(C(=O)N(C)C)CCCC1.I. The zero-order valence-corrected chi connectivity index (χ0v) is 19.2. The zero-order valence-electron chi connectivity index (χ0n) is 16.9. The lowest BCUT2D eigenvalue weighted by Gasteiger charge is -2.31. The highest BCUT2D eigenvalue weighted by molar-refractivity contribution is 14.0. The van der Waals surface area contributed by atoms with Crippen molar-refractivity contribution < 1.29 is 9.53 Å². The van der Waals surface area contributed by atoms with Crippen molar-refractivity contribution in [1.82, 2.24) is 15.5 Å². The smallest absolute Gasteiger partial charge is 0.230 e. The normalized spacial score (nSPS) is 15.8. The molecule has 1 amide bonds. The average molecular weight is 488 g/mol.